The van der Waals surface area contributed by atoms with Crippen molar-refractivity contribution in [3.63, 3.8) is 0 Å². The van der Waals surface area contributed by atoms with Crippen molar-refractivity contribution in [3.8, 4) is 23.3 Å². The second-order valence-electron chi connectivity index (χ2n) is 13.6. The van der Waals surface area contributed by atoms with Crippen molar-refractivity contribution in [3.05, 3.63) is 76.9 Å². The number of aromatic hydroxyl groups is 1. The van der Waals surface area contributed by atoms with E-state index in [-0.39, 0.29) is 41.2 Å². The Morgan fingerprint density at radius 1 is 1.10 bits per heavy atom. The summed E-state index contributed by atoms with van der Waals surface area (Å²) in [4.78, 5) is 40.0. The number of rotatable bonds is 6. The summed E-state index contributed by atoms with van der Waals surface area (Å²) in [5, 5.41) is 30.7. The molecule has 6 rings (SSSR count). The van der Waals surface area contributed by atoms with E-state index in [0.29, 0.717) is 11.5 Å². The number of phenols is 1. The van der Waals surface area contributed by atoms with Gasteiger partial charge in [0, 0.05) is 28.7 Å². The quantitative estimate of drug-likeness (QED) is 0.333. The Kier molecular flexibility index (Phi) is 8.20. The molecule has 0 bridgehead atoms. The molecule has 2 N–H and O–H groups in total. The highest BCUT2D eigenvalue weighted by Gasteiger charge is 2.78. The fourth-order valence-electron chi connectivity index (χ4n) is 8.97. The normalized spacial score (nSPS) is 36.5. The number of nitrogens with zero attached hydrogens (tertiary/aromatic N) is 1. The monoisotopic (exact) mass is 681 g/mol. The first kappa shape index (κ1) is 33.6. The molecule has 2 aromatic rings. The molecule has 0 saturated heterocycles. The summed E-state index contributed by atoms with van der Waals surface area (Å²) < 4.78 is 50.8. The van der Waals surface area contributed by atoms with Crippen LogP contribution in [0.4, 0.5) is 8.78 Å². The lowest BCUT2D eigenvalue weighted by Crippen LogP contribution is -2.71. The van der Waals surface area contributed by atoms with Crippen molar-refractivity contribution in [2.45, 2.75) is 63.6 Å². The lowest BCUT2D eigenvalue weighted by molar-refractivity contribution is -0.230. The minimum Gasteiger partial charge on any atom is -0.506 e. The Labute approximate surface area is 280 Å². The van der Waals surface area contributed by atoms with Crippen LogP contribution in [0.25, 0.3) is 0 Å². The van der Waals surface area contributed by atoms with Crippen LogP contribution in [0, 0.1) is 39.9 Å². The highest BCUT2D eigenvalue weighted by Crippen LogP contribution is 2.71. The van der Waals surface area contributed by atoms with Crippen LogP contribution in [0.2, 0.25) is 5.02 Å². The van der Waals surface area contributed by atoms with E-state index in [1.165, 1.54) is 61.5 Å². The number of allylic oxidation sites excluding steroid dienone is 4. The largest absolute Gasteiger partial charge is 0.506 e. The van der Waals surface area contributed by atoms with Crippen molar-refractivity contribution in [1.82, 2.24) is 0 Å². The van der Waals surface area contributed by atoms with Crippen molar-refractivity contribution in [2.24, 2.45) is 28.6 Å². The molecule has 48 heavy (non-hydrogen) atoms. The summed E-state index contributed by atoms with van der Waals surface area (Å²) in [6.45, 7) is 4.10. The molecule has 252 valence electrons. The predicted molar refractivity (Wildman–Crippen MR) is 168 cm³/mol. The molecule has 0 aromatic heterocycles. The van der Waals surface area contributed by atoms with Gasteiger partial charge in [0.15, 0.2) is 18.1 Å². The number of carbonyl (C=O) groups excluding carboxylic acids is 3. The van der Waals surface area contributed by atoms with Gasteiger partial charge >= 0.3 is 11.9 Å². The second-order valence-corrected chi connectivity index (χ2v) is 14.0. The van der Waals surface area contributed by atoms with Gasteiger partial charge in [0.2, 0.25) is 5.60 Å². The van der Waals surface area contributed by atoms with Crippen LogP contribution >= 0.6 is 11.6 Å². The summed E-state index contributed by atoms with van der Waals surface area (Å²) in [7, 11) is 0. The number of alkyl halides is 2. The molecule has 1 unspecified atom stereocenters. The molecule has 2 aromatic carbocycles. The summed E-state index contributed by atoms with van der Waals surface area (Å²) >= 11 is 5.95. The predicted octanol–water partition coefficient (Wildman–Crippen LogP) is 6.37. The van der Waals surface area contributed by atoms with Crippen molar-refractivity contribution < 1.29 is 47.6 Å². The number of carbonyl (C=O) groups is 3. The first-order chi connectivity index (χ1) is 22.6. The number of nitriles is 1. The maximum atomic E-state index is 17.7. The van der Waals surface area contributed by atoms with Gasteiger partial charge in [-0.3, -0.25) is 4.79 Å². The van der Waals surface area contributed by atoms with E-state index in [1.54, 1.807) is 19.9 Å². The van der Waals surface area contributed by atoms with Crippen LogP contribution in [0.3, 0.4) is 0 Å². The Balaban J connectivity index is 1.35. The molecule has 0 spiro atoms. The van der Waals surface area contributed by atoms with Crippen LogP contribution in [0.15, 0.2) is 66.3 Å². The van der Waals surface area contributed by atoms with Crippen LogP contribution in [0.1, 0.15) is 50.4 Å². The number of ketones is 1. The summed E-state index contributed by atoms with van der Waals surface area (Å²) in [5.74, 6) is -4.53. The molecule has 9 nitrogen and oxygen atoms in total. The van der Waals surface area contributed by atoms with E-state index >= 15 is 8.78 Å². The summed E-state index contributed by atoms with van der Waals surface area (Å²) in [6.07, 6.45) is -0.418. The number of hydrogen-bond donors (Lipinski definition) is 2. The number of aliphatic hydroxyl groups is 1. The van der Waals surface area contributed by atoms with E-state index in [0.717, 1.165) is 6.08 Å². The standard InChI is InChI=1S/C36H34ClF2NO8/c1-19-14-24-25-17-28(38)26-15-21(41)10-11-33(26,2)35(25,39)30(43)18-34(24,3)36(19,32(45)46-13-12-40)48-31(44)20-4-6-22(7-5-20)47-23-8-9-29(42)27(37)16-23/h4-11,15-16,19,24-25,28,30,42-43H,13-14,17-18H2,1-3H3/t19-,24+,25+,28+,30+,33+,34+,35?,36-/m1/s1. The molecule has 4 aliphatic carbocycles. The zero-order valence-electron chi connectivity index (χ0n) is 26.4. The second kappa shape index (κ2) is 11.7. The maximum Gasteiger partial charge on any atom is 0.352 e. The number of benzene rings is 2. The SMILES string of the molecule is C[C@@H]1C[C@H]2[C@@H]3C[C@H](F)C4=CC(=O)C=C[C@]4(C)C3(F)[C@@H](O)C[C@]2(C)[C@]1(OC(=O)c1ccc(Oc2ccc(O)c(Cl)c2)cc1)C(=O)OCC#N. The van der Waals surface area contributed by atoms with E-state index < -0.39 is 76.5 Å². The Morgan fingerprint density at radius 2 is 1.79 bits per heavy atom. The van der Waals surface area contributed by atoms with Gasteiger partial charge in [0.25, 0.3) is 0 Å². The zero-order chi connectivity index (χ0) is 34.8. The first-order valence-electron chi connectivity index (χ1n) is 15.6. The number of fused-ring (bicyclic) bond motifs is 5. The molecule has 0 heterocycles. The number of ether oxygens (including phenoxy) is 3. The molecule has 3 saturated carbocycles. The highest BCUT2D eigenvalue weighted by atomic mass is 35.5. The van der Waals surface area contributed by atoms with E-state index in [2.05, 4.69) is 0 Å². The number of aliphatic hydroxyl groups excluding tert-OH is 1. The van der Waals surface area contributed by atoms with Crippen molar-refractivity contribution in [2.75, 3.05) is 6.61 Å². The lowest BCUT2D eigenvalue weighted by atomic mass is 9.44. The molecule has 12 heteroatoms. The van der Waals surface area contributed by atoms with Crippen molar-refractivity contribution in [1.29, 1.82) is 5.26 Å². The molecule has 9 atom stereocenters. The number of halogens is 3. The molecular weight excluding hydrogens is 648 g/mol. The van der Waals surface area contributed by atoms with Crippen LogP contribution in [-0.2, 0) is 19.1 Å². The van der Waals surface area contributed by atoms with Gasteiger partial charge in [-0.05, 0) is 86.2 Å². The first-order valence-corrected chi connectivity index (χ1v) is 16.0. The third kappa shape index (κ3) is 4.75. The summed E-state index contributed by atoms with van der Waals surface area (Å²) in [6, 6.07) is 11.8. The number of phenolic OH excluding ortho intramolecular Hbond substituents is 1. The molecule has 0 radical (unpaired) electrons. The molecule has 3 fully saturated rings. The molecule has 0 amide bonds. The minimum atomic E-state index is -2.41. The zero-order valence-corrected chi connectivity index (χ0v) is 27.2. The average molecular weight is 682 g/mol. The van der Waals surface area contributed by atoms with E-state index in [1.807, 2.05) is 0 Å². The van der Waals surface area contributed by atoms with Crippen molar-refractivity contribution >= 4 is 29.3 Å². The third-order valence-corrected chi connectivity index (χ3v) is 11.5. The molecule has 4 aliphatic rings. The minimum absolute atomic E-state index is 0.0329. The van der Waals surface area contributed by atoms with Crippen LogP contribution in [0.5, 0.6) is 17.2 Å². The number of hydrogen-bond acceptors (Lipinski definition) is 9. The average Bonchev–Trinajstić information content (AvgIpc) is 3.26. The fourth-order valence-corrected chi connectivity index (χ4v) is 9.14. The molecular formula is C36H34ClF2NO8. The van der Waals surface area contributed by atoms with Crippen LogP contribution in [-0.4, -0.2) is 58.1 Å². The smallest absolute Gasteiger partial charge is 0.352 e. The Hall–Kier alpha value is -4.27. The summed E-state index contributed by atoms with van der Waals surface area (Å²) in [5.41, 5.74) is -7.56. The van der Waals surface area contributed by atoms with Gasteiger partial charge in [-0.1, -0.05) is 31.5 Å². The van der Waals surface area contributed by atoms with Crippen LogP contribution < -0.4 is 4.74 Å². The third-order valence-electron chi connectivity index (χ3n) is 11.2. The lowest BCUT2D eigenvalue weighted by Gasteiger charge is -2.63. The molecule has 0 aliphatic heterocycles. The van der Waals surface area contributed by atoms with E-state index in [4.69, 9.17) is 25.8 Å². The maximum absolute atomic E-state index is 17.7. The Bertz CT molecular complexity index is 1790. The van der Waals surface area contributed by atoms with Gasteiger partial charge in [0.1, 0.15) is 29.5 Å². The van der Waals surface area contributed by atoms with Gasteiger partial charge in [-0.15, -0.1) is 0 Å². The van der Waals surface area contributed by atoms with Gasteiger partial charge < -0.3 is 24.4 Å². The fraction of sp³-hybridized carbons (Fsp3) is 0.444. The van der Waals surface area contributed by atoms with Gasteiger partial charge in [-0.25, -0.2) is 18.4 Å². The van der Waals surface area contributed by atoms with Gasteiger partial charge in [-0.2, -0.15) is 5.26 Å². The highest BCUT2D eigenvalue weighted by molar-refractivity contribution is 6.32. The van der Waals surface area contributed by atoms with E-state index in [9.17, 15) is 29.9 Å². The van der Waals surface area contributed by atoms with Gasteiger partial charge in [0.05, 0.1) is 16.7 Å². The topological polar surface area (TPSA) is 143 Å². The number of esters is 2. The Morgan fingerprint density at radius 3 is 2.46 bits per heavy atom.